The lowest BCUT2D eigenvalue weighted by Gasteiger charge is -1.98. The number of nitriles is 1. The van der Waals surface area contributed by atoms with Gasteiger partial charge in [0.1, 0.15) is 5.38 Å². The molecule has 0 heterocycles. The first-order chi connectivity index (χ1) is 4.31. The van der Waals surface area contributed by atoms with E-state index in [9.17, 15) is 0 Å². The van der Waals surface area contributed by atoms with Gasteiger partial charge in [0.25, 0.3) is 0 Å². The first-order valence-electron chi connectivity index (χ1n) is 2.53. The molecule has 0 saturated heterocycles. The molecule has 1 atom stereocenters. The van der Waals surface area contributed by atoms with Crippen LogP contribution in [0.15, 0.2) is 12.7 Å². The molecular formula is C6H8ClNO. The van der Waals surface area contributed by atoms with Crippen molar-refractivity contribution in [3.63, 3.8) is 0 Å². The maximum absolute atomic E-state index is 8.15. The highest BCUT2D eigenvalue weighted by Gasteiger charge is 1.98. The van der Waals surface area contributed by atoms with Crippen molar-refractivity contribution in [2.24, 2.45) is 0 Å². The maximum Gasteiger partial charge on any atom is 0.143 e. The standard InChI is InChI=1S/C6H8ClNO/c1-2-3-9-5-6(7)4-8/h2,6H,1,3,5H2. The van der Waals surface area contributed by atoms with E-state index >= 15 is 0 Å². The van der Waals surface area contributed by atoms with Crippen molar-refractivity contribution in [1.29, 1.82) is 5.26 Å². The molecule has 0 radical (unpaired) electrons. The van der Waals surface area contributed by atoms with Crippen LogP contribution < -0.4 is 0 Å². The molecule has 0 aromatic carbocycles. The number of halogens is 1. The highest BCUT2D eigenvalue weighted by molar-refractivity contribution is 6.22. The van der Waals surface area contributed by atoms with Gasteiger partial charge in [-0.1, -0.05) is 6.08 Å². The van der Waals surface area contributed by atoms with Crippen molar-refractivity contribution in [1.82, 2.24) is 0 Å². The Kier molecular flexibility index (Phi) is 5.29. The third-order valence-corrected chi connectivity index (χ3v) is 0.864. The summed E-state index contributed by atoms with van der Waals surface area (Å²) in [5.41, 5.74) is 0. The molecule has 0 aromatic rings. The average Bonchev–Trinajstić information content (AvgIpc) is 1.89. The van der Waals surface area contributed by atoms with Crippen molar-refractivity contribution in [2.45, 2.75) is 5.38 Å². The van der Waals surface area contributed by atoms with Crippen LogP contribution in [0.1, 0.15) is 0 Å². The molecule has 0 spiro atoms. The molecule has 0 aromatic heterocycles. The van der Waals surface area contributed by atoms with Crippen molar-refractivity contribution in [3.8, 4) is 6.07 Å². The molecule has 2 nitrogen and oxygen atoms in total. The number of hydrogen-bond acceptors (Lipinski definition) is 2. The monoisotopic (exact) mass is 145 g/mol. The van der Waals surface area contributed by atoms with Crippen LogP contribution in [0.5, 0.6) is 0 Å². The minimum atomic E-state index is -0.537. The molecule has 1 unspecified atom stereocenters. The predicted octanol–water partition coefficient (Wildman–Crippen LogP) is 1.32. The highest BCUT2D eigenvalue weighted by Crippen LogP contribution is 1.92. The molecule has 50 valence electrons. The Morgan fingerprint density at radius 2 is 2.56 bits per heavy atom. The van der Waals surface area contributed by atoms with Crippen LogP contribution in [-0.4, -0.2) is 18.6 Å². The van der Waals surface area contributed by atoms with E-state index in [-0.39, 0.29) is 6.61 Å². The average molecular weight is 146 g/mol. The Hall–Kier alpha value is -0.520. The third kappa shape index (κ3) is 5.35. The van der Waals surface area contributed by atoms with E-state index in [1.165, 1.54) is 0 Å². The van der Waals surface area contributed by atoms with Crippen molar-refractivity contribution in [2.75, 3.05) is 13.2 Å². The largest absolute Gasteiger partial charge is 0.375 e. The van der Waals surface area contributed by atoms with Gasteiger partial charge in [0.15, 0.2) is 0 Å². The highest BCUT2D eigenvalue weighted by atomic mass is 35.5. The Bertz CT molecular complexity index is 119. The zero-order valence-corrected chi connectivity index (χ0v) is 5.77. The maximum atomic E-state index is 8.15. The van der Waals surface area contributed by atoms with Crippen LogP contribution in [0.25, 0.3) is 0 Å². The lowest BCUT2D eigenvalue weighted by atomic mass is 10.5. The molecule has 0 saturated carbocycles. The van der Waals surface area contributed by atoms with Crippen LogP contribution in [0, 0.1) is 11.3 Å². The minimum Gasteiger partial charge on any atom is -0.375 e. The third-order valence-electron chi connectivity index (χ3n) is 0.640. The van der Waals surface area contributed by atoms with Gasteiger partial charge in [-0.25, -0.2) is 0 Å². The molecule has 0 amide bonds. The van der Waals surface area contributed by atoms with Crippen LogP contribution in [0.4, 0.5) is 0 Å². The summed E-state index contributed by atoms with van der Waals surface area (Å²) in [4.78, 5) is 0. The zero-order valence-electron chi connectivity index (χ0n) is 5.01. The van der Waals surface area contributed by atoms with E-state index in [0.717, 1.165) is 0 Å². The quantitative estimate of drug-likeness (QED) is 0.340. The molecule has 0 bridgehead atoms. The second-order valence-corrected chi connectivity index (χ2v) is 1.95. The predicted molar refractivity (Wildman–Crippen MR) is 36.3 cm³/mol. The fourth-order valence-corrected chi connectivity index (χ4v) is 0.381. The van der Waals surface area contributed by atoms with Gasteiger partial charge in [-0.05, 0) is 0 Å². The Balaban J connectivity index is 3.08. The van der Waals surface area contributed by atoms with Crippen LogP contribution >= 0.6 is 11.6 Å². The van der Waals surface area contributed by atoms with Gasteiger partial charge in [0, 0.05) is 0 Å². The first kappa shape index (κ1) is 8.48. The first-order valence-corrected chi connectivity index (χ1v) is 2.97. The second kappa shape index (κ2) is 5.61. The number of ether oxygens (including phenoxy) is 1. The van der Waals surface area contributed by atoms with E-state index in [2.05, 4.69) is 6.58 Å². The van der Waals surface area contributed by atoms with Crippen LogP contribution in [0.2, 0.25) is 0 Å². The zero-order chi connectivity index (χ0) is 7.11. The summed E-state index contributed by atoms with van der Waals surface area (Å²) >= 11 is 5.38. The van der Waals surface area contributed by atoms with Gasteiger partial charge < -0.3 is 4.74 Å². The molecule has 0 aliphatic carbocycles. The molecule has 0 N–H and O–H groups in total. The smallest absolute Gasteiger partial charge is 0.143 e. The summed E-state index contributed by atoms with van der Waals surface area (Å²) in [6, 6.07) is 1.83. The van der Waals surface area contributed by atoms with Gasteiger partial charge >= 0.3 is 0 Å². The Labute approximate surface area is 59.7 Å². The number of hydrogen-bond donors (Lipinski definition) is 0. The molecule has 0 aliphatic rings. The fraction of sp³-hybridized carbons (Fsp3) is 0.500. The van der Waals surface area contributed by atoms with Gasteiger partial charge in [-0.2, -0.15) is 5.26 Å². The summed E-state index contributed by atoms with van der Waals surface area (Å²) in [6.45, 7) is 4.15. The van der Waals surface area contributed by atoms with E-state index in [1.54, 1.807) is 6.08 Å². The molecule has 0 fully saturated rings. The molecule has 3 heteroatoms. The number of alkyl halides is 1. The van der Waals surface area contributed by atoms with E-state index < -0.39 is 5.38 Å². The van der Waals surface area contributed by atoms with Crippen molar-refractivity contribution >= 4 is 11.6 Å². The van der Waals surface area contributed by atoms with Gasteiger partial charge in [-0.3, -0.25) is 0 Å². The molecule has 9 heavy (non-hydrogen) atoms. The van der Waals surface area contributed by atoms with Crippen LogP contribution in [-0.2, 0) is 4.74 Å². The van der Waals surface area contributed by atoms with Gasteiger partial charge in [-0.15, -0.1) is 18.2 Å². The Morgan fingerprint density at radius 3 is 3.00 bits per heavy atom. The molecular weight excluding hydrogens is 138 g/mol. The number of rotatable bonds is 4. The van der Waals surface area contributed by atoms with E-state index in [1.807, 2.05) is 6.07 Å². The summed E-state index contributed by atoms with van der Waals surface area (Å²) in [6.07, 6.45) is 1.61. The molecule has 0 aliphatic heterocycles. The lowest BCUT2D eigenvalue weighted by molar-refractivity contribution is 0.170. The Morgan fingerprint density at radius 1 is 1.89 bits per heavy atom. The van der Waals surface area contributed by atoms with Gasteiger partial charge in [0.2, 0.25) is 0 Å². The van der Waals surface area contributed by atoms with Crippen molar-refractivity contribution in [3.05, 3.63) is 12.7 Å². The minimum absolute atomic E-state index is 0.268. The number of nitrogens with zero attached hydrogens (tertiary/aromatic N) is 1. The van der Waals surface area contributed by atoms with Crippen LogP contribution in [0.3, 0.4) is 0 Å². The summed E-state index contributed by atoms with van der Waals surface area (Å²) < 4.78 is 4.86. The SMILES string of the molecule is C=CCOCC(Cl)C#N. The summed E-state index contributed by atoms with van der Waals surface area (Å²) in [7, 11) is 0. The van der Waals surface area contributed by atoms with Gasteiger partial charge in [0.05, 0.1) is 19.3 Å². The van der Waals surface area contributed by atoms with E-state index in [0.29, 0.717) is 6.61 Å². The lowest BCUT2D eigenvalue weighted by Crippen LogP contribution is -2.05. The van der Waals surface area contributed by atoms with Crippen molar-refractivity contribution < 1.29 is 4.74 Å². The fourth-order valence-electron chi connectivity index (χ4n) is 0.292. The normalized spacial score (nSPS) is 12.0. The van der Waals surface area contributed by atoms with E-state index in [4.69, 9.17) is 21.6 Å². The second-order valence-electron chi connectivity index (χ2n) is 1.42. The summed E-state index contributed by atoms with van der Waals surface area (Å²) in [5.74, 6) is 0. The topological polar surface area (TPSA) is 33.0 Å². The molecule has 0 rings (SSSR count). The summed E-state index contributed by atoms with van der Waals surface area (Å²) in [5, 5.41) is 7.61.